The molecule has 0 aliphatic carbocycles. The Kier molecular flexibility index (Phi) is 5.98. The maximum atomic E-state index is 10.8. The molecule has 0 bridgehead atoms. The second kappa shape index (κ2) is 6.70. The Labute approximate surface area is 111 Å². The van der Waals surface area contributed by atoms with Gasteiger partial charge in [0.15, 0.2) is 5.96 Å². The predicted molar refractivity (Wildman–Crippen MR) is 73.3 cm³/mol. The number of halogens is 1. The number of carboxylic acid groups (broad SMARTS) is 1. The average molecular weight is 273 g/mol. The van der Waals surface area contributed by atoms with Crippen LogP contribution in [0.1, 0.15) is 5.56 Å². The molecular weight excluding hydrogens is 256 g/mol. The Morgan fingerprint density at radius 3 is 2.39 bits per heavy atom. The van der Waals surface area contributed by atoms with E-state index in [2.05, 4.69) is 11.5 Å². The molecule has 1 heterocycles. The van der Waals surface area contributed by atoms with Crippen molar-refractivity contribution in [1.29, 1.82) is 5.41 Å². The summed E-state index contributed by atoms with van der Waals surface area (Å²) in [6.45, 7) is 0. The van der Waals surface area contributed by atoms with Crippen LogP contribution >= 0.6 is 12.4 Å². The van der Waals surface area contributed by atoms with Gasteiger partial charge >= 0.3 is 5.97 Å². The lowest BCUT2D eigenvalue weighted by molar-refractivity contribution is -0.138. The highest BCUT2D eigenvalue weighted by molar-refractivity contribution is 5.85. The van der Waals surface area contributed by atoms with Gasteiger partial charge in [-0.05, 0) is 11.6 Å². The third-order valence-electron chi connectivity index (χ3n) is 2.54. The molecular formula is C11H17ClN4O2. The smallest absolute Gasteiger partial charge is 0.326 e. The zero-order valence-electron chi connectivity index (χ0n) is 9.96. The third kappa shape index (κ3) is 3.81. The summed E-state index contributed by atoms with van der Waals surface area (Å²) in [5.41, 5.74) is 11.1. The van der Waals surface area contributed by atoms with Gasteiger partial charge in [0.05, 0.1) is 0 Å². The van der Waals surface area contributed by atoms with Gasteiger partial charge in [0.1, 0.15) is 6.04 Å². The van der Waals surface area contributed by atoms with Gasteiger partial charge < -0.3 is 21.5 Å². The lowest BCUT2D eigenvalue weighted by Crippen LogP contribution is -2.35. The molecule has 0 saturated heterocycles. The standard InChI is InChI=1S/C10H11NO2.CH5N3.ClH/c1-11-8-5-3-2-4-7(8)6-9(11)10(12)13;2-1(3)4;/h2-5,9H,6H2,1H3,(H,12,13);(H5,2,3,4);1H/t9-;;/m0../s1. The van der Waals surface area contributed by atoms with Crippen molar-refractivity contribution in [3.05, 3.63) is 29.8 Å². The van der Waals surface area contributed by atoms with Gasteiger partial charge in [-0.2, -0.15) is 0 Å². The minimum atomic E-state index is -0.751. The van der Waals surface area contributed by atoms with Gasteiger partial charge in [0.25, 0.3) is 0 Å². The van der Waals surface area contributed by atoms with Crippen molar-refractivity contribution in [2.24, 2.45) is 11.5 Å². The minimum absolute atomic E-state index is 0. The SMILES string of the molecule is CN1c2ccccc2C[C@H]1C(=O)O.Cl.N=C(N)N. The number of fused-ring (bicyclic) bond motifs is 1. The molecule has 0 radical (unpaired) electrons. The lowest BCUT2D eigenvalue weighted by Gasteiger charge is -2.18. The van der Waals surface area contributed by atoms with E-state index in [4.69, 9.17) is 10.5 Å². The first kappa shape index (κ1) is 16.1. The Balaban J connectivity index is 0.000000512. The Morgan fingerprint density at radius 1 is 1.44 bits per heavy atom. The monoisotopic (exact) mass is 272 g/mol. The number of para-hydroxylation sites is 1. The number of nitrogens with two attached hydrogens (primary N) is 2. The molecule has 1 aliphatic rings. The number of carboxylic acids is 1. The first-order chi connectivity index (χ1) is 7.93. The molecule has 6 N–H and O–H groups in total. The number of hydrogen-bond acceptors (Lipinski definition) is 3. The normalized spacial score (nSPS) is 15.8. The molecule has 1 aromatic carbocycles. The van der Waals surface area contributed by atoms with Gasteiger partial charge in [0, 0.05) is 19.2 Å². The highest BCUT2D eigenvalue weighted by Gasteiger charge is 2.31. The number of aliphatic carboxylic acids is 1. The summed E-state index contributed by atoms with van der Waals surface area (Å²) in [5, 5.41) is 15.0. The van der Waals surface area contributed by atoms with E-state index in [-0.39, 0.29) is 18.4 Å². The average Bonchev–Trinajstić information content (AvgIpc) is 2.56. The number of rotatable bonds is 1. The first-order valence-electron chi connectivity index (χ1n) is 5.06. The molecule has 1 atom stereocenters. The summed E-state index contributed by atoms with van der Waals surface area (Å²) in [4.78, 5) is 12.7. The van der Waals surface area contributed by atoms with E-state index in [9.17, 15) is 4.79 Å². The van der Waals surface area contributed by atoms with Crippen LogP contribution in [-0.2, 0) is 11.2 Å². The van der Waals surface area contributed by atoms with Crippen LogP contribution in [0.2, 0.25) is 0 Å². The fraction of sp³-hybridized carbons (Fsp3) is 0.273. The van der Waals surface area contributed by atoms with Crippen molar-refractivity contribution in [1.82, 2.24) is 0 Å². The Bertz CT molecular complexity index is 435. The topological polar surface area (TPSA) is 116 Å². The van der Waals surface area contributed by atoms with E-state index in [1.165, 1.54) is 0 Å². The van der Waals surface area contributed by atoms with Gasteiger partial charge in [-0.15, -0.1) is 12.4 Å². The van der Waals surface area contributed by atoms with Gasteiger partial charge in [0.2, 0.25) is 0 Å². The van der Waals surface area contributed by atoms with E-state index in [0.717, 1.165) is 11.3 Å². The maximum Gasteiger partial charge on any atom is 0.326 e. The van der Waals surface area contributed by atoms with Crippen LogP contribution < -0.4 is 16.4 Å². The van der Waals surface area contributed by atoms with E-state index in [1.807, 2.05) is 36.2 Å². The van der Waals surface area contributed by atoms with Crippen LogP contribution in [0.4, 0.5) is 5.69 Å². The van der Waals surface area contributed by atoms with E-state index in [0.29, 0.717) is 6.42 Å². The zero-order valence-corrected chi connectivity index (χ0v) is 10.8. The summed E-state index contributed by atoms with van der Waals surface area (Å²) in [6, 6.07) is 7.42. The van der Waals surface area contributed by atoms with Crippen molar-refractivity contribution in [2.45, 2.75) is 12.5 Å². The minimum Gasteiger partial charge on any atom is -0.480 e. The molecule has 0 saturated carbocycles. The van der Waals surface area contributed by atoms with Crippen molar-refractivity contribution < 1.29 is 9.90 Å². The molecule has 0 spiro atoms. The van der Waals surface area contributed by atoms with Crippen LogP contribution in [0, 0.1) is 5.41 Å². The molecule has 6 nitrogen and oxygen atoms in total. The molecule has 0 fully saturated rings. The summed E-state index contributed by atoms with van der Waals surface area (Å²) in [7, 11) is 1.82. The fourth-order valence-corrected chi connectivity index (χ4v) is 1.79. The van der Waals surface area contributed by atoms with E-state index in [1.54, 1.807) is 0 Å². The number of anilines is 1. The maximum absolute atomic E-state index is 10.8. The van der Waals surface area contributed by atoms with Crippen molar-refractivity contribution in [2.75, 3.05) is 11.9 Å². The number of guanidine groups is 1. The van der Waals surface area contributed by atoms with Crippen LogP contribution in [0.25, 0.3) is 0 Å². The molecule has 0 aromatic heterocycles. The summed E-state index contributed by atoms with van der Waals surface area (Å²) in [5.74, 6) is -1.08. The molecule has 0 amide bonds. The zero-order chi connectivity index (χ0) is 13.0. The Hall–Kier alpha value is -1.95. The number of likely N-dealkylation sites (N-methyl/N-ethyl adjacent to an activating group) is 1. The van der Waals surface area contributed by atoms with Gasteiger partial charge in [-0.1, -0.05) is 18.2 Å². The second-order valence-corrected chi connectivity index (χ2v) is 3.75. The van der Waals surface area contributed by atoms with Crippen LogP contribution in [0.5, 0.6) is 0 Å². The van der Waals surface area contributed by atoms with Gasteiger partial charge in [-0.3, -0.25) is 5.41 Å². The molecule has 1 aromatic rings. The molecule has 100 valence electrons. The number of nitrogens with zero attached hydrogens (tertiary/aromatic N) is 1. The number of nitrogens with one attached hydrogen (secondary N) is 1. The molecule has 7 heteroatoms. The first-order valence-corrected chi connectivity index (χ1v) is 5.06. The van der Waals surface area contributed by atoms with E-state index >= 15 is 0 Å². The number of benzene rings is 1. The number of carbonyl (C=O) groups is 1. The predicted octanol–water partition coefficient (Wildman–Crippen LogP) is 0.392. The lowest BCUT2D eigenvalue weighted by atomic mass is 10.1. The van der Waals surface area contributed by atoms with Crippen molar-refractivity contribution >= 4 is 30.0 Å². The summed E-state index contributed by atoms with van der Waals surface area (Å²) < 4.78 is 0. The Morgan fingerprint density at radius 2 is 1.94 bits per heavy atom. The number of hydrogen-bond donors (Lipinski definition) is 4. The van der Waals surface area contributed by atoms with Crippen molar-refractivity contribution in [3.63, 3.8) is 0 Å². The van der Waals surface area contributed by atoms with E-state index < -0.39 is 12.0 Å². The summed E-state index contributed by atoms with van der Waals surface area (Å²) in [6.07, 6.45) is 0.613. The van der Waals surface area contributed by atoms with Crippen molar-refractivity contribution in [3.8, 4) is 0 Å². The highest BCUT2D eigenvalue weighted by Crippen LogP contribution is 2.30. The molecule has 18 heavy (non-hydrogen) atoms. The largest absolute Gasteiger partial charge is 0.480 e. The van der Waals surface area contributed by atoms with Crippen LogP contribution in [-0.4, -0.2) is 30.1 Å². The molecule has 2 rings (SSSR count). The second-order valence-electron chi connectivity index (χ2n) is 3.75. The molecule has 0 unspecified atom stereocenters. The van der Waals surface area contributed by atoms with Crippen LogP contribution in [0.3, 0.4) is 0 Å². The van der Waals surface area contributed by atoms with Crippen LogP contribution in [0.15, 0.2) is 24.3 Å². The highest BCUT2D eigenvalue weighted by atomic mass is 35.5. The quantitative estimate of drug-likeness (QED) is 0.436. The molecule has 1 aliphatic heterocycles. The van der Waals surface area contributed by atoms with Gasteiger partial charge in [-0.25, -0.2) is 4.79 Å². The summed E-state index contributed by atoms with van der Waals surface area (Å²) >= 11 is 0. The third-order valence-corrected chi connectivity index (χ3v) is 2.54. The fourth-order valence-electron chi connectivity index (χ4n) is 1.79.